The van der Waals surface area contributed by atoms with Crippen molar-refractivity contribution >= 4 is 11.9 Å². The maximum Gasteiger partial charge on any atom is 0.334 e. The molecule has 0 radical (unpaired) electrons. The van der Waals surface area contributed by atoms with E-state index in [9.17, 15) is 9.59 Å². The van der Waals surface area contributed by atoms with E-state index >= 15 is 0 Å². The van der Waals surface area contributed by atoms with E-state index < -0.39 is 11.9 Å². The first-order valence-corrected chi connectivity index (χ1v) is 5.96. The second-order valence-corrected chi connectivity index (χ2v) is 3.93. The molecule has 2 N–H and O–H groups in total. The Hall–Kier alpha value is -2.14. The van der Waals surface area contributed by atoms with Crippen molar-refractivity contribution in [2.45, 2.75) is 19.8 Å². The van der Waals surface area contributed by atoms with Crippen molar-refractivity contribution in [3.63, 3.8) is 0 Å². The quantitative estimate of drug-likeness (QED) is 0.343. The molecule has 0 bridgehead atoms. The zero-order valence-electron chi connectivity index (χ0n) is 10.8. The number of hydrogen-bond donors (Lipinski definition) is 2. The standard InChI is InChI=1S/C14H17NO4/c1-2-3-4-5-6-11-9-12(14(17)19-10-11)7-8-13(16)15-18/h2-6,9,18H,7-8,10H2,1H3,(H,15,16)/b3-2+,5-4+,11-6+. The number of rotatable bonds is 5. The summed E-state index contributed by atoms with van der Waals surface area (Å²) in [7, 11) is 0. The highest BCUT2D eigenvalue weighted by Gasteiger charge is 2.18. The van der Waals surface area contributed by atoms with E-state index in [-0.39, 0.29) is 19.4 Å². The lowest BCUT2D eigenvalue weighted by molar-refractivity contribution is -0.138. The smallest absolute Gasteiger partial charge is 0.334 e. The molecule has 0 fully saturated rings. The molecule has 1 rings (SSSR count). The third kappa shape index (κ3) is 5.35. The van der Waals surface area contributed by atoms with Crippen molar-refractivity contribution in [2.75, 3.05) is 6.61 Å². The van der Waals surface area contributed by atoms with Gasteiger partial charge in [-0.2, -0.15) is 0 Å². The predicted molar refractivity (Wildman–Crippen MR) is 70.2 cm³/mol. The summed E-state index contributed by atoms with van der Waals surface area (Å²) < 4.78 is 5.00. The molecule has 5 nitrogen and oxygen atoms in total. The molecule has 0 saturated carbocycles. The summed E-state index contributed by atoms with van der Waals surface area (Å²) in [6, 6.07) is 0. The van der Waals surface area contributed by atoms with E-state index in [1.54, 1.807) is 6.08 Å². The summed E-state index contributed by atoms with van der Waals surface area (Å²) in [5, 5.41) is 8.39. The van der Waals surface area contributed by atoms with Crippen LogP contribution < -0.4 is 5.48 Å². The molecule has 0 aromatic rings. The normalized spacial score (nSPS) is 17.9. The van der Waals surface area contributed by atoms with Crippen molar-refractivity contribution in [1.82, 2.24) is 5.48 Å². The molecule has 1 aliphatic heterocycles. The molecule has 0 unspecified atom stereocenters. The molecule has 102 valence electrons. The fourth-order valence-corrected chi connectivity index (χ4v) is 1.49. The first-order chi connectivity index (χ1) is 9.17. The van der Waals surface area contributed by atoms with Gasteiger partial charge in [0.15, 0.2) is 0 Å². The molecular formula is C14H17NO4. The van der Waals surface area contributed by atoms with E-state index in [0.717, 1.165) is 5.57 Å². The van der Waals surface area contributed by atoms with Crippen LogP contribution in [-0.4, -0.2) is 23.7 Å². The zero-order valence-corrected chi connectivity index (χ0v) is 10.8. The molecule has 0 aliphatic carbocycles. The molecule has 0 aromatic heterocycles. The molecule has 19 heavy (non-hydrogen) atoms. The Bertz CT molecular complexity index is 458. The van der Waals surface area contributed by atoms with E-state index in [0.29, 0.717) is 5.57 Å². The fourth-order valence-electron chi connectivity index (χ4n) is 1.49. The van der Waals surface area contributed by atoms with Crippen molar-refractivity contribution in [1.29, 1.82) is 0 Å². The van der Waals surface area contributed by atoms with Crippen LogP contribution in [0.5, 0.6) is 0 Å². The van der Waals surface area contributed by atoms with Crippen molar-refractivity contribution < 1.29 is 19.5 Å². The van der Waals surface area contributed by atoms with Crippen molar-refractivity contribution in [2.24, 2.45) is 0 Å². The molecule has 0 saturated heterocycles. The highest BCUT2D eigenvalue weighted by molar-refractivity contribution is 5.91. The third-order valence-corrected chi connectivity index (χ3v) is 2.46. The van der Waals surface area contributed by atoms with Gasteiger partial charge >= 0.3 is 5.97 Å². The Morgan fingerprint density at radius 3 is 2.95 bits per heavy atom. The van der Waals surface area contributed by atoms with Crippen molar-refractivity contribution in [3.8, 4) is 0 Å². The molecule has 0 spiro atoms. The number of nitrogens with one attached hydrogen (secondary N) is 1. The SMILES string of the molecule is C/C=C/C=C/C=C1\C=C(CCC(=O)NO)C(=O)OC1. The maximum absolute atomic E-state index is 11.5. The Kier molecular flexibility index (Phi) is 6.32. The van der Waals surface area contributed by atoms with E-state index in [1.165, 1.54) is 5.48 Å². The maximum atomic E-state index is 11.5. The lowest BCUT2D eigenvalue weighted by Crippen LogP contribution is -2.21. The number of ether oxygens (including phenoxy) is 1. The van der Waals surface area contributed by atoms with E-state index in [1.807, 2.05) is 37.3 Å². The van der Waals surface area contributed by atoms with Crippen LogP contribution in [0.1, 0.15) is 19.8 Å². The van der Waals surface area contributed by atoms with Crippen LogP contribution in [0.4, 0.5) is 0 Å². The second-order valence-electron chi connectivity index (χ2n) is 3.93. The van der Waals surface area contributed by atoms with Gasteiger partial charge in [-0.15, -0.1) is 0 Å². The number of esters is 1. The second kappa shape index (κ2) is 8.05. The number of carbonyl (C=O) groups excluding carboxylic acids is 2. The van der Waals surface area contributed by atoms with Gasteiger partial charge < -0.3 is 4.74 Å². The highest BCUT2D eigenvalue weighted by Crippen LogP contribution is 2.17. The van der Waals surface area contributed by atoms with Gasteiger partial charge in [0.25, 0.3) is 0 Å². The van der Waals surface area contributed by atoms with Gasteiger partial charge in [0, 0.05) is 12.0 Å². The average molecular weight is 263 g/mol. The van der Waals surface area contributed by atoms with E-state index in [4.69, 9.17) is 9.94 Å². The van der Waals surface area contributed by atoms with Crippen LogP contribution in [0.3, 0.4) is 0 Å². The van der Waals surface area contributed by atoms with Gasteiger partial charge in [-0.3, -0.25) is 10.0 Å². The van der Waals surface area contributed by atoms with Crippen LogP contribution in [0.2, 0.25) is 0 Å². The summed E-state index contributed by atoms with van der Waals surface area (Å²) in [5.74, 6) is -0.946. The molecule has 0 atom stereocenters. The monoisotopic (exact) mass is 263 g/mol. The van der Waals surface area contributed by atoms with Gasteiger partial charge in [0.2, 0.25) is 5.91 Å². The van der Waals surface area contributed by atoms with Gasteiger partial charge in [-0.1, -0.05) is 30.4 Å². The minimum Gasteiger partial charge on any atom is -0.457 e. The summed E-state index contributed by atoms with van der Waals surface area (Å²) in [5.41, 5.74) is 2.82. The Labute approximate surface area is 111 Å². The van der Waals surface area contributed by atoms with Crippen LogP contribution in [0, 0.1) is 0 Å². The van der Waals surface area contributed by atoms with Crippen molar-refractivity contribution in [3.05, 3.63) is 47.6 Å². The van der Waals surface area contributed by atoms with Crippen LogP contribution in [0.15, 0.2) is 47.6 Å². The summed E-state index contributed by atoms with van der Waals surface area (Å²) >= 11 is 0. The average Bonchev–Trinajstić information content (AvgIpc) is 2.43. The Morgan fingerprint density at radius 2 is 2.26 bits per heavy atom. The highest BCUT2D eigenvalue weighted by atomic mass is 16.5. The molecule has 1 amide bonds. The number of allylic oxidation sites excluding steroid dienone is 5. The van der Waals surface area contributed by atoms with Gasteiger partial charge in [-0.05, 0) is 25.0 Å². The number of hydrogen-bond acceptors (Lipinski definition) is 4. The Morgan fingerprint density at radius 1 is 1.47 bits per heavy atom. The minimum absolute atomic E-state index is 0.0408. The predicted octanol–water partition coefficient (Wildman–Crippen LogP) is 1.81. The lowest BCUT2D eigenvalue weighted by atomic mass is 10.0. The van der Waals surface area contributed by atoms with E-state index in [2.05, 4.69) is 0 Å². The topological polar surface area (TPSA) is 75.6 Å². The molecular weight excluding hydrogens is 246 g/mol. The minimum atomic E-state index is -0.530. The molecule has 0 aromatic carbocycles. The zero-order chi connectivity index (χ0) is 14.1. The third-order valence-electron chi connectivity index (χ3n) is 2.46. The number of cyclic esters (lactones) is 1. The van der Waals surface area contributed by atoms with Crippen LogP contribution in [0.25, 0.3) is 0 Å². The van der Waals surface area contributed by atoms with Crippen LogP contribution >= 0.6 is 0 Å². The number of hydroxylamine groups is 1. The number of amides is 1. The molecule has 5 heteroatoms. The number of carbonyl (C=O) groups is 2. The molecule has 1 heterocycles. The molecule has 1 aliphatic rings. The van der Waals surface area contributed by atoms with Crippen LogP contribution in [-0.2, 0) is 14.3 Å². The summed E-state index contributed by atoms with van der Waals surface area (Å²) in [4.78, 5) is 22.4. The van der Waals surface area contributed by atoms with Gasteiger partial charge in [0.1, 0.15) is 6.61 Å². The first kappa shape index (κ1) is 14.9. The summed E-state index contributed by atoms with van der Waals surface area (Å²) in [6.45, 7) is 2.15. The summed E-state index contributed by atoms with van der Waals surface area (Å²) in [6.07, 6.45) is 11.4. The van der Waals surface area contributed by atoms with Gasteiger partial charge in [-0.25, -0.2) is 10.3 Å². The fraction of sp³-hybridized carbons (Fsp3) is 0.286. The van der Waals surface area contributed by atoms with Gasteiger partial charge in [0.05, 0.1) is 0 Å². The Balaban J connectivity index is 2.69. The largest absolute Gasteiger partial charge is 0.457 e. The lowest BCUT2D eigenvalue weighted by Gasteiger charge is -2.14. The first-order valence-electron chi connectivity index (χ1n) is 5.96.